The van der Waals surface area contributed by atoms with Crippen LogP contribution in [-0.4, -0.2) is 17.8 Å². The van der Waals surface area contributed by atoms with Crippen LogP contribution in [-0.2, 0) is 0 Å². The van der Waals surface area contributed by atoms with Crippen LogP contribution in [0.25, 0.3) is 6.08 Å². The summed E-state index contributed by atoms with van der Waals surface area (Å²) in [6, 6.07) is 7.92. The number of ketones is 1. The first kappa shape index (κ1) is 13.3. The van der Waals surface area contributed by atoms with Gasteiger partial charge in [-0.25, -0.2) is 0 Å². The molecule has 7 heteroatoms. The molecule has 0 N–H and O–H groups in total. The zero-order chi connectivity index (χ0) is 15.0. The molecule has 0 aliphatic carbocycles. The van der Waals surface area contributed by atoms with E-state index in [4.69, 9.17) is 9.47 Å². The zero-order valence-electron chi connectivity index (χ0n) is 10.9. The fraction of sp³-hybridized carbons (Fsp3) is 0.0714. The highest BCUT2D eigenvalue weighted by atomic mass is 32.1. The Balaban J connectivity index is 1.92. The summed E-state index contributed by atoms with van der Waals surface area (Å²) in [4.78, 5) is 22.9. The topological polar surface area (TPSA) is 78.7 Å². The summed E-state index contributed by atoms with van der Waals surface area (Å²) in [5.41, 5.74) is 0.452. The van der Waals surface area contributed by atoms with Crippen molar-refractivity contribution >= 4 is 28.2 Å². The van der Waals surface area contributed by atoms with Crippen molar-refractivity contribution in [3.63, 3.8) is 0 Å². The van der Waals surface area contributed by atoms with E-state index in [1.165, 1.54) is 19.3 Å². The molecule has 3 rings (SSSR count). The van der Waals surface area contributed by atoms with Crippen LogP contribution >= 0.6 is 11.3 Å². The molecule has 0 fully saturated rings. The van der Waals surface area contributed by atoms with Crippen LogP contribution in [0.2, 0.25) is 0 Å². The molecule has 1 aromatic heterocycles. The fourth-order valence-electron chi connectivity index (χ4n) is 1.94. The lowest BCUT2D eigenvalue weighted by Gasteiger charge is -2.01. The Hall–Kier alpha value is -2.67. The molecule has 0 atom stereocenters. The zero-order valence-corrected chi connectivity index (χ0v) is 11.7. The number of allylic oxidation sites excluding steroid dienone is 1. The Morgan fingerprint density at radius 1 is 1.33 bits per heavy atom. The molecule has 0 amide bonds. The molecule has 2 heterocycles. The second kappa shape index (κ2) is 5.02. The number of benzene rings is 1. The lowest BCUT2D eigenvalue weighted by atomic mass is 10.1. The summed E-state index contributed by atoms with van der Waals surface area (Å²) in [7, 11) is 1.53. The van der Waals surface area contributed by atoms with Gasteiger partial charge in [0, 0.05) is 23.1 Å². The number of carbonyl (C=O) groups excluding carboxylic acids is 1. The van der Waals surface area contributed by atoms with E-state index >= 15 is 0 Å². The third kappa shape index (κ3) is 2.38. The van der Waals surface area contributed by atoms with E-state index in [1.54, 1.807) is 24.3 Å². The summed E-state index contributed by atoms with van der Waals surface area (Å²) < 4.78 is 10.6. The molecule has 1 aromatic carbocycles. The van der Waals surface area contributed by atoms with Crippen LogP contribution in [0.5, 0.6) is 11.5 Å². The highest BCUT2D eigenvalue weighted by Gasteiger charge is 2.28. The number of nitrogens with zero attached hydrogens (tertiary/aromatic N) is 1. The number of hydrogen-bond acceptors (Lipinski definition) is 6. The maximum Gasteiger partial charge on any atom is 0.324 e. The van der Waals surface area contributed by atoms with Gasteiger partial charge >= 0.3 is 5.00 Å². The number of thiophene rings is 1. The van der Waals surface area contributed by atoms with Crippen molar-refractivity contribution in [3.8, 4) is 11.5 Å². The van der Waals surface area contributed by atoms with Crippen molar-refractivity contribution in [1.82, 2.24) is 0 Å². The van der Waals surface area contributed by atoms with Gasteiger partial charge in [-0.05, 0) is 18.2 Å². The van der Waals surface area contributed by atoms with Gasteiger partial charge in [-0.3, -0.25) is 14.9 Å². The minimum Gasteiger partial charge on any atom is -0.497 e. The van der Waals surface area contributed by atoms with Gasteiger partial charge in [-0.1, -0.05) is 11.3 Å². The number of hydrogen-bond donors (Lipinski definition) is 0. The maximum atomic E-state index is 12.2. The summed E-state index contributed by atoms with van der Waals surface area (Å²) in [6.07, 6.45) is 1.51. The molecule has 6 nitrogen and oxygen atoms in total. The average molecular weight is 303 g/mol. The van der Waals surface area contributed by atoms with E-state index < -0.39 is 4.92 Å². The number of Topliss-reactive ketones (excluding diaryl/α,β-unsaturated/α-hetero) is 1. The minimum absolute atomic E-state index is 0.0199. The van der Waals surface area contributed by atoms with Gasteiger partial charge in [-0.2, -0.15) is 0 Å². The van der Waals surface area contributed by atoms with Crippen LogP contribution in [0.1, 0.15) is 15.2 Å². The van der Waals surface area contributed by atoms with Crippen LogP contribution in [0, 0.1) is 10.1 Å². The maximum absolute atomic E-state index is 12.2. The Morgan fingerprint density at radius 3 is 2.81 bits per heavy atom. The molecular formula is C14H9NO5S. The van der Waals surface area contributed by atoms with Crippen LogP contribution in [0.3, 0.4) is 0 Å². The van der Waals surface area contributed by atoms with E-state index in [9.17, 15) is 14.9 Å². The molecule has 0 unspecified atom stereocenters. The highest BCUT2D eigenvalue weighted by Crippen LogP contribution is 2.35. The standard InChI is InChI=1S/C14H9NO5S/c1-19-8-2-4-10-11(6-8)20-12(14(10)16)7-9-3-5-13(21-9)15(17)18/h2-7H,1H3/b12-7-. The summed E-state index contributed by atoms with van der Waals surface area (Å²) in [6.45, 7) is 0. The van der Waals surface area contributed by atoms with Crippen molar-refractivity contribution in [2.24, 2.45) is 0 Å². The highest BCUT2D eigenvalue weighted by molar-refractivity contribution is 7.16. The second-order valence-electron chi connectivity index (χ2n) is 4.23. The number of rotatable bonds is 3. The van der Waals surface area contributed by atoms with Crippen LogP contribution in [0.15, 0.2) is 36.1 Å². The molecule has 0 saturated heterocycles. The van der Waals surface area contributed by atoms with Crippen molar-refractivity contribution in [2.45, 2.75) is 0 Å². The second-order valence-corrected chi connectivity index (χ2v) is 5.33. The predicted molar refractivity (Wildman–Crippen MR) is 76.9 cm³/mol. The van der Waals surface area contributed by atoms with Gasteiger partial charge in [-0.15, -0.1) is 0 Å². The Labute approximate surface area is 123 Å². The van der Waals surface area contributed by atoms with Crippen molar-refractivity contribution in [2.75, 3.05) is 7.11 Å². The number of fused-ring (bicyclic) bond motifs is 1. The van der Waals surface area contributed by atoms with Gasteiger partial charge in [0.25, 0.3) is 0 Å². The Bertz CT molecular complexity index is 777. The van der Waals surface area contributed by atoms with Crippen LogP contribution < -0.4 is 9.47 Å². The molecule has 21 heavy (non-hydrogen) atoms. The summed E-state index contributed by atoms with van der Waals surface area (Å²) in [5.74, 6) is 0.921. The normalized spacial score (nSPS) is 14.9. The lowest BCUT2D eigenvalue weighted by molar-refractivity contribution is -0.380. The molecule has 0 spiro atoms. The van der Waals surface area contributed by atoms with Gasteiger partial charge in [0.05, 0.1) is 17.6 Å². The van der Waals surface area contributed by atoms with Gasteiger partial charge in [0.2, 0.25) is 5.78 Å². The largest absolute Gasteiger partial charge is 0.497 e. The molecule has 1 aliphatic heterocycles. The van der Waals surface area contributed by atoms with Gasteiger partial charge in [0.1, 0.15) is 11.5 Å². The van der Waals surface area contributed by atoms with Gasteiger partial charge < -0.3 is 9.47 Å². The fourth-order valence-corrected chi connectivity index (χ4v) is 2.70. The van der Waals surface area contributed by atoms with Crippen molar-refractivity contribution < 1.29 is 19.2 Å². The summed E-state index contributed by atoms with van der Waals surface area (Å²) >= 11 is 0.984. The van der Waals surface area contributed by atoms with E-state index in [1.807, 2.05) is 0 Å². The number of methoxy groups -OCH3 is 1. The molecule has 1 aliphatic rings. The first-order valence-electron chi connectivity index (χ1n) is 5.95. The van der Waals surface area contributed by atoms with E-state index in [-0.39, 0.29) is 16.5 Å². The number of ether oxygens (including phenoxy) is 2. The van der Waals surface area contributed by atoms with Crippen molar-refractivity contribution in [1.29, 1.82) is 0 Å². The first-order chi connectivity index (χ1) is 10.1. The third-order valence-corrected chi connectivity index (χ3v) is 3.93. The minimum atomic E-state index is -0.469. The third-order valence-electron chi connectivity index (χ3n) is 2.94. The summed E-state index contributed by atoms with van der Waals surface area (Å²) in [5, 5.41) is 10.7. The predicted octanol–water partition coefficient (Wildman–Crippen LogP) is 3.28. The molecule has 0 saturated carbocycles. The monoisotopic (exact) mass is 303 g/mol. The molecule has 106 valence electrons. The smallest absolute Gasteiger partial charge is 0.324 e. The lowest BCUT2D eigenvalue weighted by Crippen LogP contribution is -1.97. The number of nitro groups is 1. The van der Waals surface area contributed by atoms with E-state index in [0.717, 1.165) is 11.3 Å². The van der Waals surface area contributed by atoms with E-state index in [2.05, 4.69) is 0 Å². The first-order valence-corrected chi connectivity index (χ1v) is 6.76. The quantitative estimate of drug-likeness (QED) is 0.494. The molecular weight excluding hydrogens is 294 g/mol. The SMILES string of the molecule is COc1ccc2c(c1)O/C(=C\c1ccc([N+](=O)[O-])s1)C2=O. The van der Waals surface area contributed by atoms with Crippen molar-refractivity contribution in [3.05, 3.63) is 56.6 Å². The number of carbonyl (C=O) groups is 1. The molecule has 2 aromatic rings. The van der Waals surface area contributed by atoms with Gasteiger partial charge in [0.15, 0.2) is 5.76 Å². The van der Waals surface area contributed by atoms with E-state index in [0.29, 0.717) is 21.9 Å². The molecule has 0 radical (unpaired) electrons. The Morgan fingerprint density at radius 2 is 2.14 bits per heavy atom. The molecule has 0 bridgehead atoms. The Kier molecular flexibility index (Phi) is 3.19. The van der Waals surface area contributed by atoms with Crippen LogP contribution in [0.4, 0.5) is 5.00 Å². The average Bonchev–Trinajstić information content (AvgIpc) is 3.05.